The van der Waals surface area contributed by atoms with Gasteiger partial charge in [0.2, 0.25) is 27.7 Å². The number of rotatable bonds is 19. The Morgan fingerprint density at radius 2 is 1.78 bits per heavy atom. The minimum Gasteiger partial charge on any atom is -0.444 e. The zero-order valence-corrected chi connectivity index (χ0v) is 33.4. The second-order valence-corrected chi connectivity index (χ2v) is 19.3. The number of piperidine rings is 1. The van der Waals surface area contributed by atoms with Crippen molar-refractivity contribution < 1.29 is 36.6 Å². The van der Waals surface area contributed by atoms with Crippen LogP contribution in [0.2, 0.25) is 0 Å². The van der Waals surface area contributed by atoms with Gasteiger partial charge in [0.1, 0.15) is 12.4 Å². The molecule has 0 aromatic carbocycles. The zero-order valence-electron chi connectivity index (χ0n) is 31.0. The van der Waals surface area contributed by atoms with E-state index < -0.39 is 10.0 Å². The van der Waals surface area contributed by atoms with Crippen LogP contribution >= 0.6 is 23.1 Å². The van der Waals surface area contributed by atoms with Gasteiger partial charge >= 0.3 is 0 Å². The molecule has 51 heavy (non-hydrogen) atoms. The Bertz CT molecular complexity index is 1480. The topological polar surface area (TPSA) is 162 Å². The summed E-state index contributed by atoms with van der Waals surface area (Å²) in [5.41, 5.74) is -0.103. The van der Waals surface area contributed by atoms with Gasteiger partial charge in [-0.15, -0.1) is 11.8 Å². The van der Waals surface area contributed by atoms with E-state index in [4.69, 9.17) is 18.6 Å². The molecule has 0 unspecified atom stereocenters. The maximum atomic E-state index is 12.9. The van der Waals surface area contributed by atoms with Crippen LogP contribution in [0.1, 0.15) is 85.3 Å². The molecule has 1 saturated carbocycles. The van der Waals surface area contributed by atoms with E-state index in [1.165, 1.54) is 22.1 Å². The summed E-state index contributed by atoms with van der Waals surface area (Å²) in [6.07, 6.45) is 7.85. The van der Waals surface area contributed by atoms with E-state index in [9.17, 15) is 18.0 Å². The van der Waals surface area contributed by atoms with Crippen molar-refractivity contribution in [1.82, 2.24) is 19.6 Å². The number of carbonyl (C=O) groups is 2. The number of nitrogens with one attached hydrogen (secondary N) is 2. The molecule has 2 aromatic heterocycles. The van der Waals surface area contributed by atoms with Crippen LogP contribution in [0.4, 0.5) is 5.13 Å². The van der Waals surface area contributed by atoms with Crippen molar-refractivity contribution in [3.63, 3.8) is 0 Å². The molecule has 0 radical (unpaired) electrons. The summed E-state index contributed by atoms with van der Waals surface area (Å²) in [5.74, 6) is 2.97. The number of thioether (sulfide) groups is 1. The fourth-order valence-electron chi connectivity index (χ4n) is 6.26. The summed E-state index contributed by atoms with van der Waals surface area (Å²) in [4.78, 5) is 33.8. The lowest BCUT2D eigenvalue weighted by Gasteiger charge is -2.37. The standard InChI is InChI=1S/C35H57N5O8S3/c1-24(2)27-8-7-25(3)19-28(27)47-22-30(41)36-11-14-45-15-16-46-17-18-51(43,44)40-12-9-26(10-13-40)33(42)39-34-38-21-32(50-34)49-23-31-37-20-29(48-31)35(4,5)6/h20-21,24-28H,7-19,22-23H2,1-6H3,(H,36,41)(H,38,39,42)/t25-,27+,28-/m1/s1. The first-order valence-corrected chi connectivity index (χ1v) is 21.5. The molecule has 1 aliphatic heterocycles. The van der Waals surface area contributed by atoms with Gasteiger partial charge in [-0.25, -0.2) is 22.7 Å². The normalized spacial score (nSPS) is 20.9. The lowest BCUT2D eigenvalue weighted by atomic mass is 9.75. The summed E-state index contributed by atoms with van der Waals surface area (Å²) in [5, 5.41) is 6.23. The first kappa shape index (κ1) is 41.7. The fourth-order valence-corrected chi connectivity index (χ4v) is 9.34. The van der Waals surface area contributed by atoms with E-state index in [1.807, 2.05) is 0 Å². The van der Waals surface area contributed by atoms with Crippen LogP contribution in [-0.2, 0) is 45.0 Å². The number of amides is 2. The van der Waals surface area contributed by atoms with E-state index in [0.29, 0.717) is 67.1 Å². The van der Waals surface area contributed by atoms with Crippen molar-refractivity contribution in [2.24, 2.45) is 23.7 Å². The van der Waals surface area contributed by atoms with Crippen LogP contribution in [0.15, 0.2) is 21.0 Å². The predicted molar refractivity (Wildman–Crippen MR) is 199 cm³/mol. The average molecular weight is 772 g/mol. The number of anilines is 1. The Kier molecular flexibility index (Phi) is 16.2. The molecule has 2 fully saturated rings. The largest absolute Gasteiger partial charge is 0.444 e. The number of hydrogen-bond donors (Lipinski definition) is 2. The molecular formula is C35H57N5O8S3. The van der Waals surface area contributed by atoms with Crippen LogP contribution in [-0.4, -0.2) is 99.0 Å². The predicted octanol–water partition coefficient (Wildman–Crippen LogP) is 5.33. The third kappa shape index (κ3) is 13.7. The van der Waals surface area contributed by atoms with Crippen molar-refractivity contribution >= 4 is 50.1 Å². The number of ether oxygens (including phenoxy) is 3. The summed E-state index contributed by atoms with van der Waals surface area (Å²) >= 11 is 2.93. The Labute approximate surface area is 311 Å². The Balaban J connectivity index is 1.02. The van der Waals surface area contributed by atoms with Gasteiger partial charge in [0, 0.05) is 31.0 Å². The first-order chi connectivity index (χ1) is 24.2. The molecule has 2 N–H and O–H groups in total. The molecule has 4 rings (SSSR count). The summed E-state index contributed by atoms with van der Waals surface area (Å²) in [6, 6.07) is 0. The van der Waals surface area contributed by atoms with Crippen molar-refractivity contribution in [2.45, 2.75) is 95.1 Å². The number of aromatic nitrogens is 2. The monoisotopic (exact) mass is 771 g/mol. The minimum atomic E-state index is -3.51. The lowest BCUT2D eigenvalue weighted by molar-refractivity contribution is -0.131. The molecule has 16 heteroatoms. The Hall–Kier alpha value is -2.08. The van der Waals surface area contributed by atoms with Crippen molar-refractivity contribution in [2.75, 3.05) is 63.7 Å². The number of oxazole rings is 1. The summed E-state index contributed by atoms with van der Waals surface area (Å²) in [6.45, 7) is 14.8. The highest BCUT2D eigenvalue weighted by Crippen LogP contribution is 2.35. The van der Waals surface area contributed by atoms with Crippen LogP contribution in [0.25, 0.3) is 0 Å². The molecule has 13 nitrogen and oxygen atoms in total. The van der Waals surface area contributed by atoms with Crippen molar-refractivity contribution in [1.29, 1.82) is 0 Å². The van der Waals surface area contributed by atoms with E-state index in [-0.39, 0.29) is 67.9 Å². The number of thiazole rings is 1. The third-order valence-electron chi connectivity index (χ3n) is 9.38. The highest BCUT2D eigenvalue weighted by Gasteiger charge is 2.33. The number of nitrogens with zero attached hydrogens (tertiary/aromatic N) is 3. The molecule has 0 bridgehead atoms. The summed E-state index contributed by atoms with van der Waals surface area (Å²) in [7, 11) is -3.51. The van der Waals surface area contributed by atoms with E-state index >= 15 is 0 Å². The minimum absolute atomic E-state index is 0.0511. The molecule has 2 aliphatic rings. The second-order valence-electron chi connectivity index (χ2n) is 14.9. The molecule has 3 heterocycles. The van der Waals surface area contributed by atoms with Gasteiger partial charge in [-0.3, -0.25) is 9.59 Å². The third-order valence-corrected chi connectivity index (χ3v) is 13.3. The van der Waals surface area contributed by atoms with Gasteiger partial charge in [0.15, 0.2) is 5.13 Å². The highest BCUT2D eigenvalue weighted by atomic mass is 32.2. The van der Waals surface area contributed by atoms with E-state index in [1.54, 1.807) is 24.2 Å². The van der Waals surface area contributed by atoms with E-state index in [2.05, 4.69) is 62.1 Å². The van der Waals surface area contributed by atoms with Crippen LogP contribution < -0.4 is 10.6 Å². The van der Waals surface area contributed by atoms with Crippen molar-refractivity contribution in [3.8, 4) is 0 Å². The molecule has 2 amide bonds. The van der Waals surface area contributed by atoms with Crippen LogP contribution in [0.3, 0.4) is 0 Å². The van der Waals surface area contributed by atoms with Gasteiger partial charge in [-0.1, -0.05) is 59.3 Å². The molecule has 2 aromatic rings. The first-order valence-electron chi connectivity index (χ1n) is 18.1. The quantitative estimate of drug-likeness (QED) is 0.140. The number of hydrogen-bond acceptors (Lipinski definition) is 12. The highest BCUT2D eigenvalue weighted by molar-refractivity contribution is 8.00. The number of carbonyl (C=O) groups excluding carboxylic acids is 2. The molecule has 288 valence electrons. The number of sulfonamides is 1. The second kappa shape index (κ2) is 19.8. The maximum Gasteiger partial charge on any atom is 0.246 e. The van der Waals surface area contributed by atoms with Gasteiger partial charge in [-0.05, 0) is 43.4 Å². The maximum absolute atomic E-state index is 12.9. The van der Waals surface area contributed by atoms with E-state index in [0.717, 1.165) is 22.8 Å². The average Bonchev–Trinajstić information content (AvgIpc) is 3.75. The summed E-state index contributed by atoms with van der Waals surface area (Å²) < 4.78 is 51.0. The fraction of sp³-hybridized carbons (Fsp3) is 0.771. The van der Waals surface area contributed by atoms with Crippen LogP contribution in [0.5, 0.6) is 0 Å². The Morgan fingerprint density at radius 3 is 2.47 bits per heavy atom. The molecule has 1 aliphatic carbocycles. The molecular weight excluding hydrogens is 715 g/mol. The molecule has 3 atom stereocenters. The van der Waals surface area contributed by atoms with Crippen molar-refractivity contribution in [3.05, 3.63) is 24.0 Å². The smallest absolute Gasteiger partial charge is 0.246 e. The molecule has 0 spiro atoms. The van der Waals surface area contributed by atoms with Gasteiger partial charge in [0.25, 0.3) is 0 Å². The van der Waals surface area contributed by atoms with Gasteiger partial charge < -0.3 is 29.3 Å². The van der Waals surface area contributed by atoms with Crippen LogP contribution in [0, 0.1) is 23.7 Å². The van der Waals surface area contributed by atoms with Gasteiger partial charge in [0.05, 0.1) is 60.6 Å². The molecule has 1 saturated heterocycles. The lowest BCUT2D eigenvalue weighted by Crippen LogP contribution is -2.43. The Morgan fingerprint density at radius 1 is 1.06 bits per heavy atom. The zero-order chi connectivity index (χ0) is 37.0. The van der Waals surface area contributed by atoms with Gasteiger partial charge in [-0.2, -0.15) is 0 Å². The SMILES string of the molecule is CC(C)[C@@H]1CC[C@@H](C)C[C@H]1OCC(=O)NCCOCCOCCS(=O)(=O)N1CCC(C(=O)Nc2ncc(SCc3ncc(C(C)(C)C)o3)s2)CC1.